The van der Waals surface area contributed by atoms with Gasteiger partial charge in [-0.05, 0) is 37.0 Å². The Morgan fingerprint density at radius 1 is 0.312 bits per heavy atom. The number of hydrogen-bond donors (Lipinski definition) is 0. The Kier molecular flexibility index (Phi) is 48.1. The first-order valence-corrected chi connectivity index (χ1v) is 28.6. The lowest BCUT2D eigenvalue weighted by molar-refractivity contribution is -0.167. The van der Waals surface area contributed by atoms with Crippen molar-refractivity contribution in [2.45, 2.75) is 324 Å². The molecule has 0 saturated heterocycles. The molecule has 0 amide bonds. The molecule has 64 heavy (non-hydrogen) atoms. The van der Waals surface area contributed by atoms with Crippen molar-refractivity contribution in [2.24, 2.45) is 17.8 Å². The molecule has 380 valence electrons. The van der Waals surface area contributed by atoms with Gasteiger partial charge in [-0.15, -0.1) is 0 Å². The molecule has 0 fully saturated rings. The zero-order valence-electron chi connectivity index (χ0n) is 44.1. The van der Waals surface area contributed by atoms with E-state index in [-0.39, 0.29) is 31.1 Å². The molecule has 0 heterocycles. The Bertz CT molecular complexity index is 993. The third-order valence-electron chi connectivity index (χ3n) is 13.5. The molecule has 6 nitrogen and oxygen atoms in total. The van der Waals surface area contributed by atoms with Gasteiger partial charge in [0.1, 0.15) is 13.2 Å². The van der Waals surface area contributed by atoms with E-state index in [1.807, 2.05) is 0 Å². The SMILES string of the molecule is CCC(C)CCCCCCCCCCCCCCCCCCCCC(=O)O[C@H](COC(=O)CCCCCCCCCCCCCCC(C)C)COC(=O)CCCCCCCCC(C)C. The summed E-state index contributed by atoms with van der Waals surface area (Å²) in [7, 11) is 0. The topological polar surface area (TPSA) is 78.9 Å². The second kappa shape index (κ2) is 49.3. The van der Waals surface area contributed by atoms with Gasteiger partial charge in [-0.3, -0.25) is 14.4 Å². The second-order valence-electron chi connectivity index (χ2n) is 21.1. The van der Waals surface area contributed by atoms with Crippen LogP contribution in [0.4, 0.5) is 0 Å². The standard InChI is InChI=1S/C58H112O6/c1-7-54(6)46-40-34-27-23-19-14-12-10-8-9-11-13-15-21-25-29-37-43-49-58(61)64-55(51-63-57(60)48-42-36-31-30-33-39-45-53(4)5)50-62-56(59)47-41-35-28-24-20-17-16-18-22-26-32-38-44-52(2)3/h52-55H,7-51H2,1-6H3/t54?,55-/m1/s1. The minimum absolute atomic E-state index is 0.0647. The van der Waals surface area contributed by atoms with Crippen LogP contribution >= 0.6 is 0 Å². The Morgan fingerprint density at radius 3 is 0.812 bits per heavy atom. The molecule has 0 spiro atoms. The molecule has 0 aliphatic rings. The number of ether oxygens (including phenoxy) is 3. The Labute approximate surface area is 399 Å². The Morgan fingerprint density at radius 2 is 0.547 bits per heavy atom. The minimum atomic E-state index is -0.763. The third-order valence-corrected chi connectivity index (χ3v) is 13.5. The highest BCUT2D eigenvalue weighted by atomic mass is 16.6. The molecule has 0 N–H and O–H groups in total. The molecule has 0 radical (unpaired) electrons. The zero-order valence-corrected chi connectivity index (χ0v) is 44.1. The quantitative estimate of drug-likeness (QED) is 0.0344. The van der Waals surface area contributed by atoms with Gasteiger partial charge in [0.25, 0.3) is 0 Å². The Hall–Kier alpha value is -1.59. The summed E-state index contributed by atoms with van der Waals surface area (Å²) in [5.74, 6) is 1.66. The lowest BCUT2D eigenvalue weighted by Gasteiger charge is -2.18. The molecule has 1 unspecified atom stereocenters. The van der Waals surface area contributed by atoms with Crippen LogP contribution in [0.25, 0.3) is 0 Å². The predicted octanol–water partition coefficient (Wildman–Crippen LogP) is 18.7. The summed E-state index contributed by atoms with van der Waals surface area (Å²) >= 11 is 0. The first kappa shape index (κ1) is 62.4. The average Bonchev–Trinajstić information content (AvgIpc) is 3.27. The first-order valence-electron chi connectivity index (χ1n) is 28.6. The van der Waals surface area contributed by atoms with Crippen molar-refractivity contribution in [3.8, 4) is 0 Å². The van der Waals surface area contributed by atoms with Crippen molar-refractivity contribution in [3.63, 3.8) is 0 Å². The van der Waals surface area contributed by atoms with Crippen LogP contribution in [0, 0.1) is 17.8 Å². The summed E-state index contributed by atoms with van der Waals surface area (Å²) in [4.78, 5) is 38.0. The molecule has 0 saturated carbocycles. The highest BCUT2D eigenvalue weighted by molar-refractivity contribution is 5.71. The van der Waals surface area contributed by atoms with Crippen LogP contribution in [0.3, 0.4) is 0 Å². The fraction of sp³-hybridized carbons (Fsp3) is 0.948. The van der Waals surface area contributed by atoms with E-state index in [2.05, 4.69) is 41.5 Å². The van der Waals surface area contributed by atoms with Gasteiger partial charge in [-0.1, -0.05) is 279 Å². The second-order valence-corrected chi connectivity index (χ2v) is 21.1. The van der Waals surface area contributed by atoms with Gasteiger partial charge < -0.3 is 14.2 Å². The molecule has 2 atom stereocenters. The van der Waals surface area contributed by atoms with Crippen LogP contribution in [-0.2, 0) is 28.6 Å². The molecule has 0 aromatic carbocycles. The van der Waals surface area contributed by atoms with E-state index < -0.39 is 6.10 Å². The van der Waals surface area contributed by atoms with Crippen molar-refractivity contribution in [3.05, 3.63) is 0 Å². The molecule has 0 aromatic rings. The molecular weight excluding hydrogens is 793 g/mol. The van der Waals surface area contributed by atoms with Crippen LogP contribution in [0.15, 0.2) is 0 Å². The number of unbranched alkanes of at least 4 members (excludes halogenated alkanes) is 33. The van der Waals surface area contributed by atoms with Gasteiger partial charge in [0, 0.05) is 19.3 Å². The molecule has 0 aliphatic heterocycles. The maximum Gasteiger partial charge on any atom is 0.306 e. The number of esters is 3. The monoisotopic (exact) mass is 905 g/mol. The Balaban J connectivity index is 4.20. The van der Waals surface area contributed by atoms with Crippen LogP contribution in [0.2, 0.25) is 0 Å². The van der Waals surface area contributed by atoms with Crippen molar-refractivity contribution in [1.82, 2.24) is 0 Å². The van der Waals surface area contributed by atoms with E-state index in [0.717, 1.165) is 75.5 Å². The largest absolute Gasteiger partial charge is 0.462 e. The lowest BCUT2D eigenvalue weighted by atomic mass is 9.99. The van der Waals surface area contributed by atoms with Gasteiger partial charge in [-0.25, -0.2) is 0 Å². The van der Waals surface area contributed by atoms with Crippen LogP contribution in [0.1, 0.15) is 318 Å². The molecule has 0 aromatic heterocycles. The van der Waals surface area contributed by atoms with Crippen LogP contribution in [-0.4, -0.2) is 37.2 Å². The van der Waals surface area contributed by atoms with E-state index in [1.54, 1.807) is 0 Å². The van der Waals surface area contributed by atoms with Crippen molar-refractivity contribution >= 4 is 17.9 Å². The summed E-state index contributed by atoms with van der Waals surface area (Å²) in [6.07, 6.45) is 51.1. The normalized spacial score (nSPS) is 12.6. The summed E-state index contributed by atoms with van der Waals surface area (Å²) in [5, 5.41) is 0. The van der Waals surface area contributed by atoms with Gasteiger partial charge >= 0.3 is 17.9 Å². The predicted molar refractivity (Wildman–Crippen MR) is 275 cm³/mol. The van der Waals surface area contributed by atoms with Gasteiger partial charge in [0.15, 0.2) is 6.10 Å². The number of hydrogen-bond acceptors (Lipinski definition) is 6. The molecular formula is C58H112O6. The highest BCUT2D eigenvalue weighted by Crippen LogP contribution is 2.19. The van der Waals surface area contributed by atoms with Gasteiger partial charge in [0.2, 0.25) is 0 Å². The van der Waals surface area contributed by atoms with Crippen molar-refractivity contribution in [2.75, 3.05) is 13.2 Å². The van der Waals surface area contributed by atoms with E-state index >= 15 is 0 Å². The smallest absolute Gasteiger partial charge is 0.306 e. The lowest BCUT2D eigenvalue weighted by Crippen LogP contribution is -2.30. The summed E-state index contributed by atoms with van der Waals surface area (Å²) in [5.41, 5.74) is 0. The van der Waals surface area contributed by atoms with Gasteiger partial charge in [-0.2, -0.15) is 0 Å². The van der Waals surface area contributed by atoms with E-state index in [4.69, 9.17) is 14.2 Å². The van der Waals surface area contributed by atoms with E-state index in [9.17, 15) is 14.4 Å². The molecule has 0 rings (SSSR count). The van der Waals surface area contributed by atoms with Crippen LogP contribution < -0.4 is 0 Å². The van der Waals surface area contributed by atoms with E-state index in [1.165, 1.54) is 199 Å². The third kappa shape index (κ3) is 49.8. The van der Waals surface area contributed by atoms with E-state index in [0.29, 0.717) is 19.3 Å². The maximum atomic E-state index is 12.8. The summed E-state index contributed by atoms with van der Waals surface area (Å²) < 4.78 is 16.8. The average molecular weight is 906 g/mol. The summed E-state index contributed by atoms with van der Waals surface area (Å²) in [6, 6.07) is 0. The molecule has 6 heteroatoms. The minimum Gasteiger partial charge on any atom is -0.462 e. The molecule has 0 aliphatic carbocycles. The highest BCUT2D eigenvalue weighted by Gasteiger charge is 2.19. The first-order chi connectivity index (χ1) is 31.1. The summed E-state index contributed by atoms with van der Waals surface area (Å²) in [6.45, 7) is 13.7. The zero-order chi connectivity index (χ0) is 47.0. The van der Waals surface area contributed by atoms with Crippen molar-refractivity contribution in [1.29, 1.82) is 0 Å². The molecule has 0 bridgehead atoms. The van der Waals surface area contributed by atoms with Crippen LogP contribution in [0.5, 0.6) is 0 Å². The fourth-order valence-corrected chi connectivity index (χ4v) is 8.79. The maximum absolute atomic E-state index is 12.8. The van der Waals surface area contributed by atoms with Crippen molar-refractivity contribution < 1.29 is 28.6 Å². The number of carbonyl (C=O) groups excluding carboxylic acids is 3. The number of carbonyl (C=O) groups is 3. The number of rotatable bonds is 51. The van der Waals surface area contributed by atoms with Gasteiger partial charge in [0.05, 0.1) is 0 Å². The fourth-order valence-electron chi connectivity index (χ4n) is 8.79.